The van der Waals surface area contributed by atoms with Gasteiger partial charge in [0.2, 0.25) is 5.91 Å². The first-order chi connectivity index (χ1) is 11.7. The summed E-state index contributed by atoms with van der Waals surface area (Å²) in [5, 5.41) is 7.49. The van der Waals surface area contributed by atoms with Gasteiger partial charge in [0.05, 0.1) is 11.9 Å². The van der Waals surface area contributed by atoms with Crippen molar-refractivity contribution in [2.24, 2.45) is 11.8 Å². The van der Waals surface area contributed by atoms with Crippen LogP contribution in [-0.4, -0.2) is 25.7 Å². The molecule has 1 unspecified atom stereocenters. The lowest BCUT2D eigenvalue weighted by Crippen LogP contribution is -2.33. The van der Waals surface area contributed by atoms with Gasteiger partial charge in [0, 0.05) is 42.9 Å². The summed E-state index contributed by atoms with van der Waals surface area (Å²) in [4.78, 5) is 20.2. The lowest BCUT2D eigenvalue weighted by molar-refractivity contribution is -0.125. The highest BCUT2D eigenvalue weighted by Gasteiger charge is 2.26. The van der Waals surface area contributed by atoms with Crippen molar-refractivity contribution in [2.45, 2.75) is 58.5 Å². The molecule has 0 aliphatic heterocycles. The molecule has 0 spiro atoms. The minimum Gasteiger partial charge on any atom is -0.352 e. The molecule has 0 saturated heterocycles. The Balaban J connectivity index is 1.29. The van der Waals surface area contributed by atoms with Gasteiger partial charge in [-0.15, -0.1) is 0 Å². The Kier molecular flexibility index (Phi) is 4.12. The zero-order valence-corrected chi connectivity index (χ0v) is 14.2. The first-order valence-corrected chi connectivity index (χ1v) is 9.01. The molecule has 0 bridgehead atoms. The molecule has 6 heteroatoms. The van der Waals surface area contributed by atoms with E-state index in [-0.39, 0.29) is 11.8 Å². The van der Waals surface area contributed by atoms with Crippen LogP contribution in [0.4, 0.5) is 0 Å². The van der Waals surface area contributed by atoms with Gasteiger partial charge in [-0.25, -0.2) is 4.98 Å². The molecule has 128 valence electrons. The normalized spacial score (nSPS) is 20.5. The molecule has 2 heterocycles. The number of nitrogens with one attached hydrogen (secondary N) is 2. The van der Waals surface area contributed by atoms with Crippen LogP contribution in [0.2, 0.25) is 0 Å². The van der Waals surface area contributed by atoms with Crippen molar-refractivity contribution >= 4 is 5.91 Å². The van der Waals surface area contributed by atoms with Gasteiger partial charge in [0.1, 0.15) is 5.82 Å². The monoisotopic (exact) mass is 327 g/mol. The summed E-state index contributed by atoms with van der Waals surface area (Å²) in [5.41, 5.74) is 3.34. The van der Waals surface area contributed by atoms with Crippen molar-refractivity contribution in [3.05, 3.63) is 35.2 Å². The van der Waals surface area contributed by atoms with E-state index in [1.807, 2.05) is 17.8 Å². The van der Waals surface area contributed by atoms with Crippen LogP contribution in [0.25, 0.3) is 0 Å². The second-order valence-electron chi connectivity index (χ2n) is 7.27. The van der Waals surface area contributed by atoms with Crippen LogP contribution in [0.15, 0.2) is 12.4 Å². The summed E-state index contributed by atoms with van der Waals surface area (Å²) in [5.74, 6) is 1.92. The van der Waals surface area contributed by atoms with Crippen LogP contribution in [0.5, 0.6) is 0 Å². The minimum absolute atomic E-state index is 0.0439. The standard InChI is InChI=1S/C18H25N5O/c1-12-21-16-6-5-15(7-17(16)22-12)18(24)19-8-14-9-20-23(11-14)10-13-3-2-4-13/h9,11,13,15H,2-8,10H2,1H3,(H,19,24)(H,21,22). The fraction of sp³-hybridized carbons (Fsp3) is 0.611. The van der Waals surface area contributed by atoms with E-state index in [0.29, 0.717) is 6.54 Å². The summed E-state index contributed by atoms with van der Waals surface area (Å²) >= 11 is 0. The second kappa shape index (κ2) is 6.42. The summed E-state index contributed by atoms with van der Waals surface area (Å²) in [6.45, 7) is 3.54. The van der Waals surface area contributed by atoms with E-state index < -0.39 is 0 Å². The van der Waals surface area contributed by atoms with Gasteiger partial charge in [-0.2, -0.15) is 5.10 Å². The van der Waals surface area contributed by atoms with Gasteiger partial charge in [0.15, 0.2) is 0 Å². The summed E-state index contributed by atoms with van der Waals surface area (Å²) in [6.07, 6.45) is 10.5. The molecule has 2 aromatic heterocycles. The summed E-state index contributed by atoms with van der Waals surface area (Å²) < 4.78 is 2.02. The maximum absolute atomic E-state index is 12.5. The number of carbonyl (C=O) groups is 1. The quantitative estimate of drug-likeness (QED) is 0.883. The Morgan fingerprint density at radius 3 is 3.08 bits per heavy atom. The molecular formula is C18H25N5O. The van der Waals surface area contributed by atoms with Gasteiger partial charge >= 0.3 is 0 Å². The molecule has 0 aromatic carbocycles. The number of H-pyrrole nitrogens is 1. The van der Waals surface area contributed by atoms with Crippen LogP contribution >= 0.6 is 0 Å². The topological polar surface area (TPSA) is 75.6 Å². The lowest BCUT2D eigenvalue weighted by atomic mass is 9.85. The predicted octanol–water partition coefficient (Wildman–Crippen LogP) is 2.14. The van der Waals surface area contributed by atoms with Crippen molar-refractivity contribution < 1.29 is 4.79 Å². The highest BCUT2D eigenvalue weighted by molar-refractivity contribution is 5.79. The van der Waals surface area contributed by atoms with Crippen molar-refractivity contribution in [3.63, 3.8) is 0 Å². The zero-order valence-electron chi connectivity index (χ0n) is 14.2. The van der Waals surface area contributed by atoms with Crippen molar-refractivity contribution in [1.29, 1.82) is 0 Å². The number of rotatable bonds is 5. The molecule has 24 heavy (non-hydrogen) atoms. The number of aromatic nitrogens is 4. The molecule has 6 nitrogen and oxygen atoms in total. The molecule has 2 aromatic rings. The van der Waals surface area contributed by atoms with Crippen molar-refractivity contribution in [3.8, 4) is 0 Å². The second-order valence-corrected chi connectivity index (χ2v) is 7.27. The van der Waals surface area contributed by atoms with Crippen LogP contribution in [0.1, 0.15) is 48.5 Å². The Hall–Kier alpha value is -2.11. The number of aromatic amines is 1. The fourth-order valence-corrected chi connectivity index (χ4v) is 3.72. The zero-order chi connectivity index (χ0) is 16.5. The fourth-order valence-electron chi connectivity index (χ4n) is 3.72. The van der Waals surface area contributed by atoms with Gasteiger partial charge in [-0.3, -0.25) is 9.48 Å². The molecule has 1 atom stereocenters. The van der Waals surface area contributed by atoms with Crippen LogP contribution in [-0.2, 0) is 30.7 Å². The third-order valence-electron chi connectivity index (χ3n) is 5.36. The minimum atomic E-state index is 0.0439. The third-order valence-corrected chi connectivity index (χ3v) is 5.36. The predicted molar refractivity (Wildman–Crippen MR) is 90.3 cm³/mol. The number of nitrogens with zero attached hydrogens (tertiary/aromatic N) is 3. The highest BCUT2D eigenvalue weighted by atomic mass is 16.1. The van der Waals surface area contributed by atoms with E-state index in [1.165, 1.54) is 19.3 Å². The third kappa shape index (κ3) is 3.23. The Morgan fingerprint density at radius 2 is 2.29 bits per heavy atom. The van der Waals surface area contributed by atoms with Crippen LogP contribution in [0, 0.1) is 18.8 Å². The molecule has 1 saturated carbocycles. The summed E-state index contributed by atoms with van der Waals surface area (Å²) in [6, 6.07) is 0. The van der Waals surface area contributed by atoms with E-state index >= 15 is 0 Å². The number of aryl methyl sites for hydroxylation is 2. The highest BCUT2D eigenvalue weighted by Crippen LogP contribution is 2.27. The first kappa shape index (κ1) is 15.4. The van der Waals surface area contributed by atoms with Crippen molar-refractivity contribution in [1.82, 2.24) is 25.1 Å². The summed E-state index contributed by atoms with van der Waals surface area (Å²) in [7, 11) is 0. The average molecular weight is 327 g/mol. The number of hydrogen-bond donors (Lipinski definition) is 2. The smallest absolute Gasteiger partial charge is 0.223 e. The number of hydrogen-bond acceptors (Lipinski definition) is 3. The van der Waals surface area contributed by atoms with Crippen LogP contribution in [0.3, 0.4) is 0 Å². The largest absolute Gasteiger partial charge is 0.352 e. The van der Waals surface area contributed by atoms with Crippen LogP contribution < -0.4 is 5.32 Å². The Morgan fingerprint density at radius 1 is 1.42 bits per heavy atom. The molecule has 2 N–H and O–H groups in total. The van der Waals surface area contributed by atoms with E-state index in [9.17, 15) is 4.79 Å². The van der Waals surface area contributed by atoms with Crippen molar-refractivity contribution in [2.75, 3.05) is 0 Å². The Labute approximate surface area is 142 Å². The molecule has 4 rings (SSSR count). The number of carbonyl (C=O) groups excluding carboxylic acids is 1. The van der Waals surface area contributed by atoms with Gasteiger partial charge in [0.25, 0.3) is 0 Å². The van der Waals surface area contributed by atoms with E-state index in [0.717, 1.165) is 54.5 Å². The van der Waals surface area contributed by atoms with Gasteiger partial charge in [-0.1, -0.05) is 6.42 Å². The average Bonchev–Trinajstić information content (AvgIpc) is 3.12. The Bertz CT molecular complexity index is 728. The molecule has 1 fully saturated rings. The van der Waals surface area contributed by atoms with E-state index in [4.69, 9.17) is 0 Å². The maximum Gasteiger partial charge on any atom is 0.223 e. The molecule has 2 aliphatic rings. The first-order valence-electron chi connectivity index (χ1n) is 9.01. The molecular weight excluding hydrogens is 302 g/mol. The molecule has 1 amide bonds. The van der Waals surface area contributed by atoms with Gasteiger partial charge in [-0.05, 0) is 38.5 Å². The van der Waals surface area contributed by atoms with E-state index in [2.05, 4.69) is 26.6 Å². The molecule has 2 aliphatic carbocycles. The number of imidazole rings is 1. The lowest BCUT2D eigenvalue weighted by Gasteiger charge is -2.24. The number of amides is 1. The van der Waals surface area contributed by atoms with E-state index in [1.54, 1.807) is 0 Å². The SMILES string of the molecule is Cc1nc2c([nH]1)CC(C(=O)NCc1cnn(CC3CCC3)c1)CC2. The van der Waals surface area contributed by atoms with Gasteiger partial charge < -0.3 is 10.3 Å². The molecule has 0 radical (unpaired) electrons. The maximum atomic E-state index is 12.5. The number of fused-ring (bicyclic) bond motifs is 1.